The summed E-state index contributed by atoms with van der Waals surface area (Å²) in [4.78, 5) is 0. The van der Waals surface area contributed by atoms with Crippen molar-refractivity contribution >= 4 is 26.0 Å². The molecular weight excluding hydrogens is 326 g/mol. The van der Waals surface area contributed by atoms with Gasteiger partial charge in [0.2, 0.25) is 5.03 Å². The molecule has 1 unspecified atom stereocenters. The van der Waals surface area contributed by atoms with E-state index in [1.165, 1.54) is 11.7 Å². The standard InChI is InChI=1S/C8H14BrN5O3S/c1-14-8(7(9)12-13-14)18(15,16)11-5-6-4-10-2-3-17-6/h6,10-11H,2-5H2,1H3. The lowest BCUT2D eigenvalue weighted by Crippen LogP contribution is -2.45. The predicted octanol–water partition coefficient (Wildman–Crippen LogP) is -1.16. The minimum absolute atomic E-state index is 0.00580. The fourth-order valence-corrected chi connectivity index (χ4v) is 3.79. The van der Waals surface area contributed by atoms with E-state index in [1.54, 1.807) is 0 Å². The van der Waals surface area contributed by atoms with E-state index in [0.717, 1.165) is 6.54 Å². The maximum Gasteiger partial charge on any atom is 0.260 e. The number of halogens is 1. The molecule has 0 amide bonds. The highest BCUT2D eigenvalue weighted by atomic mass is 79.9. The van der Waals surface area contributed by atoms with Gasteiger partial charge in [-0.05, 0) is 15.9 Å². The van der Waals surface area contributed by atoms with E-state index in [1.807, 2.05) is 0 Å². The van der Waals surface area contributed by atoms with Gasteiger partial charge >= 0.3 is 0 Å². The molecule has 1 saturated heterocycles. The van der Waals surface area contributed by atoms with Crippen LogP contribution < -0.4 is 10.0 Å². The van der Waals surface area contributed by atoms with Gasteiger partial charge < -0.3 is 10.1 Å². The van der Waals surface area contributed by atoms with Crippen LogP contribution in [0.25, 0.3) is 0 Å². The summed E-state index contributed by atoms with van der Waals surface area (Å²) >= 11 is 3.06. The van der Waals surface area contributed by atoms with E-state index in [4.69, 9.17) is 4.74 Å². The quantitative estimate of drug-likeness (QED) is 0.718. The topological polar surface area (TPSA) is 98.1 Å². The van der Waals surface area contributed by atoms with Crippen molar-refractivity contribution in [3.63, 3.8) is 0 Å². The minimum atomic E-state index is -3.64. The number of nitrogens with one attached hydrogen (secondary N) is 2. The van der Waals surface area contributed by atoms with E-state index in [0.29, 0.717) is 13.2 Å². The lowest BCUT2D eigenvalue weighted by Gasteiger charge is -2.23. The highest BCUT2D eigenvalue weighted by Gasteiger charge is 2.25. The van der Waals surface area contributed by atoms with Gasteiger partial charge in [-0.1, -0.05) is 5.21 Å². The Hall–Kier alpha value is -0.550. The van der Waals surface area contributed by atoms with Gasteiger partial charge in [-0.15, -0.1) is 5.10 Å². The third kappa shape index (κ3) is 3.06. The highest BCUT2D eigenvalue weighted by molar-refractivity contribution is 9.10. The van der Waals surface area contributed by atoms with Crippen LogP contribution in [0, 0.1) is 0 Å². The molecule has 2 N–H and O–H groups in total. The number of ether oxygens (including phenoxy) is 1. The average molecular weight is 340 g/mol. The van der Waals surface area contributed by atoms with Crippen LogP contribution in [0.15, 0.2) is 9.63 Å². The van der Waals surface area contributed by atoms with E-state index in [2.05, 4.69) is 36.3 Å². The maximum atomic E-state index is 12.1. The molecule has 1 atom stereocenters. The lowest BCUT2D eigenvalue weighted by atomic mass is 10.3. The summed E-state index contributed by atoms with van der Waals surface area (Å²) in [5, 5.41) is 10.4. The first kappa shape index (κ1) is 13.9. The van der Waals surface area contributed by atoms with Crippen LogP contribution in [0.2, 0.25) is 0 Å². The zero-order valence-corrected chi connectivity index (χ0v) is 12.2. The van der Waals surface area contributed by atoms with Gasteiger partial charge in [-0.3, -0.25) is 0 Å². The molecule has 0 bridgehead atoms. The fraction of sp³-hybridized carbons (Fsp3) is 0.750. The van der Waals surface area contributed by atoms with Crippen LogP contribution in [-0.2, 0) is 21.8 Å². The van der Waals surface area contributed by atoms with Gasteiger partial charge in [0.1, 0.15) is 0 Å². The summed E-state index contributed by atoms with van der Waals surface area (Å²) in [6.45, 7) is 2.23. The first-order chi connectivity index (χ1) is 8.50. The molecule has 1 aromatic rings. The van der Waals surface area contributed by atoms with Crippen LogP contribution in [0.3, 0.4) is 0 Å². The Kier molecular flexibility index (Phi) is 4.33. The zero-order valence-electron chi connectivity index (χ0n) is 9.76. The van der Waals surface area contributed by atoms with Crippen molar-refractivity contribution in [3.8, 4) is 0 Å². The second-order valence-electron chi connectivity index (χ2n) is 3.86. The molecule has 0 saturated carbocycles. The molecule has 1 aliphatic rings. The molecule has 2 rings (SSSR count). The Labute approximate surface area is 113 Å². The van der Waals surface area contributed by atoms with E-state index < -0.39 is 10.0 Å². The second-order valence-corrected chi connectivity index (χ2v) is 6.29. The van der Waals surface area contributed by atoms with Crippen molar-refractivity contribution in [2.24, 2.45) is 7.05 Å². The Morgan fingerprint density at radius 3 is 3.00 bits per heavy atom. The molecule has 18 heavy (non-hydrogen) atoms. The smallest absolute Gasteiger partial charge is 0.260 e. The largest absolute Gasteiger partial charge is 0.374 e. The van der Waals surface area contributed by atoms with Gasteiger partial charge in [0, 0.05) is 26.7 Å². The number of morpholine rings is 1. The molecule has 0 spiro atoms. The van der Waals surface area contributed by atoms with Crippen molar-refractivity contribution in [1.82, 2.24) is 25.0 Å². The Morgan fingerprint density at radius 2 is 2.44 bits per heavy atom. The van der Waals surface area contributed by atoms with Crippen molar-refractivity contribution in [1.29, 1.82) is 0 Å². The van der Waals surface area contributed by atoms with Crippen molar-refractivity contribution in [2.45, 2.75) is 11.1 Å². The molecule has 1 fully saturated rings. The summed E-state index contributed by atoms with van der Waals surface area (Å²) in [6.07, 6.45) is -0.159. The summed E-state index contributed by atoms with van der Waals surface area (Å²) < 4.78 is 33.4. The summed E-state index contributed by atoms with van der Waals surface area (Å²) in [5.41, 5.74) is 0. The fourth-order valence-electron chi connectivity index (χ4n) is 1.63. The number of aromatic nitrogens is 3. The zero-order chi connectivity index (χ0) is 13.2. The highest BCUT2D eigenvalue weighted by Crippen LogP contribution is 2.17. The van der Waals surface area contributed by atoms with Gasteiger partial charge in [0.05, 0.1) is 12.7 Å². The maximum absolute atomic E-state index is 12.1. The predicted molar refractivity (Wildman–Crippen MR) is 66.5 cm³/mol. The normalized spacial score (nSPS) is 21.1. The summed E-state index contributed by atoms with van der Waals surface area (Å²) in [5.74, 6) is 0. The molecule has 10 heteroatoms. The van der Waals surface area contributed by atoms with Crippen molar-refractivity contribution in [2.75, 3.05) is 26.2 Å². The van der Waals surface area contributed by atoms with Crippen LogP contribution in [-0.4, -0.2) is 55.8 Å². The molecule has 0 aliphatic carbocycles. The molecule has 1 aliphatic heterocycles. The van der Waals surface area contributed by atoms with E-state index in [9.17, 15) is 8.42 Å². The molecule has 1 aromatic heterocycles. The summed E-state index contributed by atoms with van der Waals surface area (Å²) in [6, 6.07) is 0. The molecule has 0 radical (unpaired) electrons. The molecule has 102 valence electrons. The van der Waals surface area contributed by atoms with Crippen LogP contribution in [0.4, 0.5) is 0 Å². The average Bonchev–Trinajstić information content (AvgIpc) is 2.69. The number of sulfonamides is 1. The van der Waals surface area contributed by atoms with Crippen molar-refractivity contribution in [3.05, 3.63) is 4.60 Å². The first-order valence-corrected chi connectivity index (χ1v) is 7.65. The van der Waals surface area contributed by atoms with Crippen molar-refractivity contribution < 1.29 is 13.2 Å². The molecule has 8 nitrogen and oxygen atoms in total. The Bertz CT molecular complexity index is 491. The third-order valence-electron chi connectivity index (χ3n) is 2.50. The molecule has 0 aromatic carbocycles. The molecular formula is C8H14BrN5O3S. The number of nitrogens with zero attached hydrogens (tertiary/aromatic N) is 3. The molecule has 2 heterocycles. The lowest BCUT2D eigenvalue weighted by molar-refractivity contribution is 0.0324. The second kappa shape index (κ2) is 5.61. The Morgan fingerprint density at radius 1 is 1.67 bits per heavy atom. The van der Waals surface area contributed by atoms with Crippen LogP contribution in [0.1, 0.15) is 0 Å². The first-order valence-electron chi connectivity index (χ1n) is 5.38. The van der Waals surface area contributed by atoms with Gasteiger partial charge in [-0.25, -0.2) is 17.8 Å². The van der Waals surface area contributed by atoms with Gasteiger partial charge in [0.15, 0.2) is 4.60 Å². The summed E-state index contributed by atoms with van der Waals surface area (Å²) in [7, 11) is -2.13. The van der Waals surface area contributed by atoms with E-state index in [-0.39, 0.29) is 22.3 Å². The number of aryl methyl sites for hydroxylation is 1. The number of hydrogen-bond donors (Lipinski definition) is 2. The Balaban J connectivity index is 2.03. The SMILES string of the molecule is Cn1nnc(Br)c1S(=O)(=O)NCC1CNCCO1. The van der Waals surface area contributed by atoms with Crippen LogP contribution in [0.5, 0.6) is 0 Å². The monoisotopic (exact) mass is 339 g/mol. The van der Waals surface area contributed by atoms with Gasteiger partial charge in [0.25, 0.3) is 10.0 Å². The van der Waals surface area contributed by atoms with E-state index >= 15 is 0 Å². The minimum Gasteiger partial charge on any atom is -0.374 e. The van der Waals surface area contributed by atoms with Gasteiger partial charge in [-0.2, -0.15) is 0 Å². The number of rotatable bonds is 4. The third-order valence-corrected chi connectivity index (χ3v) is 4.81. The van der Waals surface area contributed by atoms with Crippen LogP contribution >= 0.6 is 15.9 Å². The number of hydrogen-bond acceptors (Lipinski definition) is 6.